The van der Waals surface area contributed by atoms with E-state index in [2.05, 4.69) is 15.2 Å². The number of ether oxygens (including phenoxy) is 1. The molecule has 25 heavy (non-hydrogen) atoms. The summed E-state index contributed by atoms with van der Waals surface area (Å²) in [6, 6.07) is 14.9. The van der Waals surface area contributed by atoms with Gasteiger partial charge in [-0.15, -0.1) is 0 Å². The maximum atomic E-state index is 12.2. The number of rotatable bonds is 4. The van der Waals surface area contributed by atoms with Gasteiger partial charge in [-0.25, -0.2) is 0 Å². The zero-order chi connectivity index (χ0) is 17.2. The molecule has 2 heterocycles. The van der Waals surface area contributed by atoms with Gasteiger partial charge in [-0.3, -0.25) is 20.0 Å². The lowest BCUT2D eigenvalue weighted by Gasteiger charge is -2.06. The van der Waals surface area contributed by atoms with Gasteiger partial charge in [-0.1, -0.05) is 35.9 Å². The number of benzene rings is 2. The van der Waals surface area contributed by atoms with Crippen molar-refractivity contribution >= 4 is 35.2 Å². The third-order valence-corrected chi connectivity index (χ3v) is 4.17. The van der Waals surface area contributed by atoms with Crippen LogP contribution in [0.3, 0.4) is 0 Å². The summed E-state index contributed by atoms with van der Waals surface area (Å²) < 4.78 is 5.72. The van der Waals surface area contributed by atoms with Crippen molar-refractivity contribution in [3.8, 4) is 5.75 Å². The van der Waals surface area contributed by atoms with Gasteiger partial charge >= 0.3 is 0 Å². The summed E-state index contributed by atoms with van der Waals surface area (Å²) in [5, 5.41) is 6.08. The van der Waals surface area contributed by atoms with E-state index in [9.17, 15) is 4.79 Å². The maximum absolute atomic E-state index is 12.2. The first-order chi connectivity index (χ1) is 12.2. The molecule has 6 heteroatoms. The van der Waals surface area contributed by atoms with Crippen LogP contribution in [0.2, 0.25) is 5.02 Å². The van der Waals surface area contributed by atoms with E-state index in [4.69, 9.17) is 16.3 Å². The van der Waals surface area contributed by atoms with Crippen LogP contribution in [-0.4, -0.2) is 16.4 Å². The smallest absolute Gasteiger partial charge is 0.271 e. The number of halogens is 1. The summed E-state index contributed by atoms with van der Waals surface area (Å²) in [4.78, 5) is 16.5. The van der Waals surface area contributed by atoms with E-state index in [0.29, 0.717) is 22.0 Å². The summed E-state index contributed by atoms with van der Waals surface area (Å²) in [6.07, 6.45) is 3.58. The normalized spacial score (nSPS) is 14.0. The van der Waals surface area contributed by atoms with E-state index in [1.54, 1.807) is 18.3 Å². The van der Waals surface area contributed by atoms with Crippen molar-refractivity contribution in [1.29, 1.82) is 0 Å². The van der Waals surface area contributed by atoms with Crippen LogP contribution in [0.5, 0.6) is 5.75 Å². The van der Waals surface area contributed by atoms with Crippen molar-refractivity contribution < 1.29 is 4.74 Å². The van der Waals surface area contributed by atoms with Crippen LogP contribution >= 0.6 is 11.6 Å². The van der Waals surface area contributed by atoms with Crippen molar-refractivity contribution in [3.05, 3.63) is 80.7 Å². The quantitative estimate of drug-likeness (QED) is 0.739. The molecule has 0 spiro atoms. The molecule has 0 atom stereocenters. The minimum atomic E-state index is -0.199. The Balaban J connectivity index is 1.62. The number of aliphatic imine (C=N–C) groups is 1. The summed E-state index contributed by atoms with van der Waals surface area (Å²) in [5.74, 6) is 0.640. The number of hydrogen-bond donors (Lipinski definition) is 2. The molecular weight excluding hydrogens is 338 g/mol. The maximum Gasteiger partial charge on any atom is 0.271 e. The fourth-order valence-electron chi connectivity index (χ4n) is 2.69. The summed E-state index contributed by atoms with van der Waals surface area (Å²) in [5.41, 5.74) is 3.79. The van der Waals surface area contributed by atoms with Gasteiger partial charge in [0.2, 0.25) is 0 Å². The molecule has 0 saturated heterocycles. The minimum absolute atomic E-state index is 0.199. The van der Waals surface area contributed by atoms with Gasteiger partial charge in [0.25, 0.3) is 5.56 Å². The molecule has 0 radical (unpaired) electrons. The zero-order valence-electron chi connectivity index (χ0n) is 13.1. The Morgan fingerprint density at radius 2 is 2.00 bits per heavy atom. The van der Waals surface area contributed by atoms with E-state index < -0.39 is 0 Å². The third kappa shape index (κ3) is 3.14. The van der Waals surface area contributed by atoms with Crippen molar-refractivity contribution in [1.82, 2.24) is 10.2 Å². The van der Waals surface area contributed by atoms with Gasteiger partial charge < -0.3 is 4.74 Å². The Morgan fingerprint density at radius 3 is 2.88 bits per heavy atom. The summed E-state index contributed by atoms with van der Waals surface area (Å²) >= 11 is 5.96. The van der Waals surface area contributed by atoms with E-state index >= 15 is 0 Å². The van der Waals surface area contributed by atoms with E-state index in [1.807, 2.05) is 42.5 Å². The number of fused-ring (bicyclic) bond motifs is 1. The van der Waals surface area contributed by atoms with Crippen LogP contribution in [-0.2, 0) is 6.61 Å². The monoisotopic (exact) mass is 351 g/mol. The molecule has 0 bridgehead atoms. The molecular formula is C19H14ClN3O2. The second-order valence-electron chi connectivity index (χ2n) is 5.59. The fraction of sp³-hybridized carbons (Fsp3) is 0.0526. The Hall–Kier alpha value is -3.05. The molecule has 1 aromatic heterocycles. The Morgan fingerprint density at radius 1 is 1.12 bits per heavy atom. The molecule has 2 aromatic carbocycles. The zero-order valence-corrected chi connectivity index (χ0v) is 13.9. The molecule has 0 fully saturated rings. The van der Waals surface area contributed by atoms with Gasteiger partial charge in [-0.2, -0.15) is 0 Å². The largest absolute Gasteiger partial charge is 0.487 e. The van der Waals surface area contributed by atoms with Crippen LogP contribution in [0.15, 0.2) is 58.3 Å². The highest BCUT2D eigenvalue weighted by Crippen LogP contribution is 2.32. The third-order valence-electron chi connectivity index (χ3n) is 3.93. The molecule has 1 aliphatic heterocycles. The van der Waals surface area contributed by atoms with Crippen molar-refractivity contribution in [2.24, 2.45) is 4.99 Å². The molecule has 124 valence electrons. The number of allylic oxidation sites excluding steroid dienone is 1. The van der Waals surface area contributed by atoms with Gasteiger partial charge in [0.05, 0.1) is 16.9 Å². The predicted octanol–water partition coefficient (Wildman–Crippen LogP) is 4.19. The lowest BCUT2D eigenvalue weighted by atomic mass is 10.0. The standard InChI is InChI=1S/C19H14ClN3O2/c20-13-4-3-5-14(9-13)25-11-18-16(19(24)23-22-18)8-12-10-21-17-7-2-1-6-15(12)17/h1-10H,11H2,(H2,22,23,24). The van der Waals surface area contributed by atoms with Crippen LogP contribution in [0, 0.1) is 0 Å². The Bertz CT molecular complexity index is 1050. The number of hydrogen-bond acceptors (Lipinski definition) is 3. The highest BCUT2D eigenvalue weighted by atomic mass is 35.5. The molecule has 0 amide bonds. The summed E-state index contributed by atoms with van der Waals surface area (Å²) in [7, 11) is 0. The van der Waals surface area contributed by atoms with Crippen molar-refractivity contribution in [2.75, 3.05) is 0 Å². The summed E-state index contributed by atoms with van der Waals surface area (Å²) in [6.45, 7) is 0.219. The first-order valence-electron chi connectivity index (χ1n) is 7.74. The molecule has 0 aliphatic carbocycles. The molecule has 3 aromatic rings. The first kappa shape index (κ1) is 15.5. The number of aromatic nitrogens is 2. The molecule has 2 N–H and O–H groups in total. The number of para-hydroxylation sites is 1. The highest BCUT2D eigenvalue weighted by Gasteiger charge is 2.14. The Labute approximate surface area is 148 Å². The fourth-order valence-corrected chi connectivity index (χ4v) is 2.87. The average Bonchev–Trinajstić information content (AvgIpc) is 3.18. The molecule has 0 saturated carbocycles. The van der Waals surface area contributed by atoms with Crippen LogP contribution < -0.4 is 10.3 Å². The van der Waals surface area contributed by atoms with E-state index in [1.165, 1.54) is 0 Å². The van der Waals surface area contributed by atoms with Crippen molar-refractivity contribution in [2.45, 2.75) is 6.61 Å². The second kappa shape index (κ2) is 6.45. The second-order valence-corrected chi connectivity index (χ2v) is 6.03. The first-order valence-corrected chi connectivity index (χ1v) is 8.11. The molecule has 0 unspecified atom stereocenters. The average molecular weight is 352 g/mol. The van der Waals surface area contributed by atoms with E-state index in [-0.39, 0.29) is 12.2 Å². The van der Waals surface area contributed by atoms with Crippen molar-refractivity contribution in [3.63, 3.8) is 0 Å². The van der Waals surface area contributed by atoms with Gasteiger partial charge in [-0.05, 0) is 30.3 Å². The lowest BCUT2D eigenvalue weighted by molar-refractivity contribution is 0.301. The molecule has 1 aliphatic rings. The predicted molar refractivity (Wildman–Crippen MR) is 99.7 cm³/mol. The van der Waals surface area contributed by atoms with Gasteiger partial charge in [0.1, 0.15) is 12.4 Å². The Kier molecular flexibility index (Phi) is 3.99. The number of nitrogens with one attached hydrogen (secondary N) is 2. The van der Waals surface area contributed by atoms with Crippen LogP contribution in [0.25, 0.3) is 11.6 Å². The molecule has 4 rings (SSSR count). The van der Waals surface area contributed by atoms with Gasteiger partial charge in [0, 0.05) is 22.4 Å². The van der Waals surface area contributed by atoms with Crippen LogP contribution in [0.4, 0.5) is 5.69 Å². The number of nitrogens with zero attached hydrogens (tertiary/aromatic N) is 1. The molecule has 5 nitrogen and oxygen atoms in total. The highest BCUT2D eigenvalue weighted by molar-refractivity contribution is 6.30. The topological polar surface area (TPSA) is 70.2 Å². The number of H-pyrrole nitrogens is 2. The van der Waals surface area contributed by atoms with E-state index in [0.717, 1.165) is 16.8 Å². The number of aromatic amines is 2. The van der Waals surface area contributed by atoms with Crippen LogP contribution in [0.1, 0.15) is 16.8 Å². The van der Waals surface area contributed by atoms with Gasteiger partial charge in [0.15, 0.2) is 0 Å². The lowest BCUT2D eigenvalue weighted by Crippen LogP contribution is -2.04. The minimum Gasteiger partial charge on any atom is -0.487 e. The SMILES string of the molecule is O=c1[nH][nH]c(COc2cccc(Cl)c2)c1C=C1C=Nc2ccccc21.